The summed E-state index contributed by atoms with van der Waals surface area (Å²) in [6, 6.07) is -0.552. The molecule has 5 heteroatoms. The van der Waals surface area contributed by atoms with Crippen LogP contribution in [0.1, 0.15) is 39.0 Å². The number of carbonyl (C=O) groups is 3. The first-order chi connectivity index (χ1) is 8.13. The molecule has 0 aromatic carbocycles. The van der Waals surface area contributed by atoms with Crippen LogP contribution in [0.15, 0.2) is 0 Å². The monoisotopic (exact) mass is 238 g/mol. The van der Waals surface area contributed by atoms with Crippen LogP contribution in [0.2, 0.25) is 0 Å². The normalized spacial score (nSPS) is 25.8. The molecule has 0 aromatic heterocycles. The molecule has 2 rings (SSSR count). The number of urea groups is 1. The third-order valence-electron chi connectivity index (χ3n) is 3.75. The Bertz CT molecular complexity index is 350. The second-order valence-corrected chi connectivity index (χ2v) is 4.83. The predicted molar refractivity (Wildman–Crippen MR) is 61.0 cm³/mol. The number of nitrogens with zero attached hydrogens (tertiary/aromatic N) is 1. The van der Waals surface area contributed by atoms with Crippen molar-refractivity contribution in [2.75, 3.05) is 6.54 Å². The van der Waals surface area contributed by atoms with Crippen molar-refractivity contribution in [3.05, 3.63) is 0 Å². The standard InChI is InChI=1S/C12H18N2O3/c1-2-9-10(15)13-12(17)14(11(9)16)7-6-8-4-3-5-8/h8-9H,2-7H2,1H3,(H,13,15,17). The molecule has 0 aromatic rings. The van der Waals surface area contributed by atoms with Gasteiger partial charge in [-0.3, -0.25) is 19.8 Å². The Labute approximate surface area is 101 Å². The minimum atomic E-state index is -0.686. The van der Waals surface area contributed by atoms with Crippen LogP contribution in [0.4, 0.5) is 4.79 Å². The molecule has 94 valence electrons. The van der Waals surface area contributed by atoms with Crippen LogP contribution >= 0.6 is 0 Å². The Balaban J connectivity index is 1.96. The van der Waals surface area contributed by atoms with E-state index >= 15 is 0 Å². The summed E-state index contributed by atoms with van der Waals surface area (Å²) in [5.41, 5.74) is 0. The summed E-state index contributed by atoms with van der Waals surface area (Å²) in [6.45, 7) is 2.22. The molecule has 2 fully saturated rings. The number of rotatable bonds is 4. The van der Waals surface area contributed by atoms with Crippen molar-refractivity contribution in [2.24, 2.45) is 11.8 Å². The van der Waals surface area contributed by atoms with Gasteiger partial charge in [-0.2, -0.15) is 0 Å². The van der Waals surface area contributed by atoms with Gasteiger partial charge in [-0.05, 0) is 18.8 Å². The molecule has 0 spiro atoms. The summed E-state index contributed by atoms with van der Waals surface area (Å²) in [7, 11) is 0. The van der Waals surface area contributed by atoms with Crippen molar-refractivity contribution in [1.29, 1.82) is 0 Å². The van der Waals surface area contributed by atoms with Gasteiger partial charge in [0.15, 0.2) is 0 Å². The highest BCUT2D eigenvalue weighted by molar-refractivity contribution is 6.16. The first-order valence-electron chi connectivity index (χ1n) is 6.29. The summed E-state index contributed by atoms with van der Waals surface area (Å²) >= 11 is 0. The van der Waals surface area contributed by atoms with Gasteiger partial charge in [0.2, 0.25) is 11.8 Å². The van der Waals surface area contributed by atoms with Crippen molar-refractivity contribution < 1.29 is 14.4 Å². The molecule has 1 heterocycles. The first kappa shape index (κ1) is 12.1. The molecule has 2 aliphatic rings. The third kappa shape index (κ3) is 2.33. The molecule has 1 saturated carbocycles. The predicted octanol–water partition coefficient (Wildman–Crippen LogP) is 1.28. The molecule has 5 nitrogen and oxygen atoms in total. The maximum atomic E-state index is 11.9. The lowest BCUT2D eigenvalue weighted by atomic mass is 9.83. The van der Waals surface area contributed by atoms with Crippen molar-refractivity contribution >= 4 is 17.8 Å². The van der Waals surface area contributed by atoms with Crippen LogP contribution in [-0.2, 0) is 9.59 Å². The molecule has 4 amide bonds. The van der Waals surface area contributed by atoms with E-state index in [4.69, 9.17) is 0 Å². The average Bonchev–Trinajstić information content (AvgIpc) is 2.20. The zero-order valence-corrected chi connectivity index (χ0v) is 10.1. The van der Waals surface area contributed by atoms with Crippen molar-refractivity contribution in [1.82, 2.24) is 10.2 Å². The van der Waals surface area contributed by atoms with Crippen molar-refractivity contribution in [2.45, 2.75) is 39.0 Å². The largest absolute Gasteiger partial charge is 0.330 e. The average molecular weight is 238 g/mol. The van der Waals surface area contributed by atoms with Gasteiger partial charge in [-0.15, -0.1) is 0 Å². The van der Waals surface area contributed by atoms with E-state index in [0.717, 1.165) is 6.42 Å². The van der Waals surface area contributed by atoms with Crippen LogP contribution in [0.25, 0.3) is 0 Å². The van der Waals surface area contributed by atoms with Gasteiger partial charge in [-0.25, -0.2) is 4.79 Å². The fourth-order valence-corrected chi connectivity index (χ4v) is 2.33. The molecular formula is C12H18N2O3. The van der Waals surface area contributed by atoms with Gasteiger partial charge in [0, 0.05) is 6.54 Å². The first-order valence-corrected chi connectivity index (χ1v) is 6.29. The quantitative estimate of drug-likeness (QED) is 0.750. The smallest absolute Gasteiger partial charge is 0.277 e. The summed E-state index contributed by atoms with van der Waals surface area (Å²) in [4.78, 5) is 36.1. The van der Waals surface area contributed by atoms with Crippen LogP contribution in [0.5, 0.6) is 0 Å². The highest BCUT2D eigenvalue weighted by atomic mass is 16.2. The van der Waals surface area contributed by atoms with Gasteiger partial charge in [0.05, 0.1) is 0 Å². The van der Waals surface area contributed by atoms with E-state index in [-0.39, 0.29) is 5.91 Å². The molecule has 1 N–H and O–H groups in total. The lowest BCUT2D eigenvalue weighted by Crippen LogP contribution is -2.58. The molecular weight excluding hydrogens is 220 g/mol. The van der Waals surface area contributed by atoms with E-state index in [1.165, 1.54) is 24.2 Å². The van der Waals surface area contributed by atoms with E-state index in [1.54, 1.807) is 6.92 Å². The van der Waals surface area contributed by atoms with E-state index in [1.807, 2.05) is 0 Å². The van der Waals surface area contributed by atoms with Crippen LogP contribution < -0.4 is 5.32 Å². The molecule has 1 unspecified atom stereocenters. The Hall–Kier alpha value is -1.39. The van der Waals surface area contributed by atoms with Crippen molar-refractivity contribution in [3.63, 3.8) is 0 Å². The van der Waals surface area contributed by atoms with Crippen molar-refractivity contribution in [3.8, 4) is 0 Å². The lowest BCUT2D eigenvalue weighted by molar-refractivity contribution is -0.142. The third-order valence-corrected chi connectivity index (χ3v) is 3.75. The van der Waals surface area contributed by atoms with Crippen LogP contribution in [0.3, 0.4) is 0 Å². The molecule has 0 bridgehead atoms. The molecule has 1 atom stereocenters. The van der Waals surface area contributed by atoms with E-state index < -0.39 is 17.9 Å². The Morgan fingerprint density at radius 1 is 1.29 bits per heavy atom. The SMILES string of the molecule is CCC1C(=O)NC(=O)N(CCC2CCC2)C1=O. The highest BCUT2D eigenvalue weighted by Crippen LogP contribution is 2.29. The number of hydrogen-bond donors (Lipinski definition) is 1. The van der Waals surface area contributed by atoms with Crippen LogP contribution in [0, 0.1) is 11.8 Å². The maximum Gasteiger partial charge on any atom is 0.330 e. The Morgan fingerprint density at radius 2 is 2.00 bits per heavy atom. The second-order valence-electron chi connectivity index (χ2n) is 4.83. The van der Waals surface area contributed by atoms with Gasteiger partial charge >= 0.3 is 6.03 Å². The summed E-state index contributed by atoms with van der Waals surface area (Å²) in [5, 5.41) is 2.25. The summed E-state index contributed by atoms with van der Waals surface area (Å²) in [5.74, 6) is -0.828. The topological polar surface area (TPSA) is 66.5 Å². The molecule has 17 heavy (non-hydrogen) atoms. The minimum Gasteiger partial charge on any atom is -0.277 e. The maximum absolute atomic E-state index is 11.9. The highest BCUT2D eigenvalue weighted by Gasteiger charge is 2.39. The van der Waals surface area contributed by atoms with E-state index in [0.29, 0.717) is 18.9 Å². The lowest BCUT2D eigenvalue weighted by Gasteiger charge is -2.32. The minimum absolute atomic E-state index is 0.333. The van der Waals surface area contributed by atoms with E-state index in [2.05, 4.69) is 5.32 Å². The van der Waals surface area contributed by atoms with Crippen LogP contribution in [-0.4, -0.2) is 29.3 Å². The molecule has 1 saturated heterocycles. The molecule has 0 radical (unpaired) electrons. The number of barbiturate groups is 1. The van der Waals surface area contributed by atoms with E-state index in [9.17, 15) is 14.4 Å². The summed E-state index contributed by atoms with van der Waals surface area (Å²) in [6.07, 6.45) is 4.95. The number of imide groups is 2. The molecule has 1 aliphatic heterocycles. The summed E-state index contributed by atoms with van der Waals surface area (Å²) < 4.78 is 0. The number of amides is 4. The van der Waals surface area contributed by atoms with Gasteiger partial charge in [0.1, 0.15) is 5.92 Å². The Kier molecular flexibility index (Phi) is 3.45. The zero-order valence-electron chi connectivity index (χ0n) is 10.1. The van der Waals surface area contributed by atoms with Gasteiger partial charge in [-0.1, -0.05) is 26.2 Å². The van der Waals surface area contributed by atoms with Gasteiger partial charge < -0.3 is 0 Å². The number of carbonyl (C=O) groups excluding carboxylic acids is 3. The van der Waals surface area contributed by atoms with Gasteiger partial charge in [0.25, 0.3) is 0 Å². The fourth-order valence-electron chi connectivity index (χ4n) is 2.33. The zero-order chi connectivity index (χ0) is 12.4. The number of hydrogen-bond acceptors (Lipinski definition) is 3. The fraction of sp³-hybridized carbons (Fsp3) is 0.750. The second kappa shape index (κ2) is 4.85. The Morgan fingerprint density at radius 3 is 2.53 bits per heavy atom. The molecule has 1 aliphatic carbocycles. The number of nitrogens with one attached hydrogen (secondary N) is 1.